The van der Waals surface area contributed by atoms with Crippen molar-refractivity contribution in [1.29, 1.82) is 0 Å². The number of aromatic nitrogens is 1. The van der Waals surface area contributed by atoms with Crippen molar-refractivity contribution in [3.8, 4) is 0 Å². The Hall–Kier alpha value is -2.20. The molecule has 0 aliphatic heterocycles. The molecule has 0 radical (unpaired) electrons. The number of hydrogen-bond donors (Lipinski definition) is 0. The average Bonchev–Trinajstić information content (AvgIpc) is 2.65. The summed E-state index contributed by atoms with van der Waals surface area (Å²) < 4.78 is 0. The minimum absolute atomic E-state index is 0.0136. The molecule has 2 aromatic rings. The first-order valence-corrected chi connectivity index (χ1v) is 9.01. The van der Waals surface area contributed by atoms with Gasteiger partial charge >= 0.3 is 0 Å². The number of fused-ring (bicyclic) bond motifs is 1. The van der Waals surface area contributed by atoms with Gasteiger partial charge in [-0.3, -0.25) is 9.78 Å². The number of amides is 1. The second-order valence-electron chi connectivity index (χ2n) is 7.14. The fourth-order valence-corrected chi connectivity index (χ4v) is 3.52. The fourth-order valence-electron chi connectivity index (χ4n) is 3.52. The Bertz CT molecular complexity index is 727. The van der Waals surface area contributed by atoms with Gasteiger partial charge in [-0.2, -0.15) is 0 Å². The predicted molar refractivity (Wildman–Crippen MR) is 101 cm³/mol. The van der Waals surface area contributed by atoms with Crippen LogP contribution in [0.25, 0.3) is 0 Å². The van der Waals surface area contributed by atoms with Crippen molar-refractivity contribution in [2.24, 2.45) is 0 Å². The first-order chi connectivity index (χ1) is 12.1. The molecule has 0 N–H and O–H groups in total. The predicted octanol–water partition coefficient (Wildman–Crippen LogP) is 3.34. The Morgan fingerprint density at radius 3 is 2.56 bits per heavy atom. The number of rotatable bonds is 5. The van der Waals surface area contributed by atoms with Gasteiger partial charge in [0.2, 0.25) is 0 Å². The molecule has 1 aromatic carbocycles. The standard InChI is InChI=1S/C21H27N3O/c1-23(2)15-20(16-9-5-4-6-10-16)24(3)21(25)18-13-17-11-7-8-12-19(17)22-14-18/h4-6,9-10,13-14,20H,7-8,11-12,15H2,1-3H3. The lowest BCUT2D eigenvalue weighted by atomic mass is 9.95. The number of benzene rings is 1. The molecule has 1 aliphatic carbocycles. The van der Waals surface area contributed by atoms with Crippen molar-refractivity contribution in [2.45, 2.75) is 31.7 Å². The molecule has 1 aromatic heterocycles. The number of carbonyl (C=O) groups is 1. The largest absolute Gasteiger partial charge is 0.333 e. The Balaban J connectivity index is 1.86. The summed E-state index contributed by atoms with van der Waals surface area (Å²) in [6, 6.07) is 12.3. The molecule has 1 heterocycles. The summed E-state index contributed by atoms with van der Waals surface area (Å²) in [5.74, 6) is 0.0385. The number of likely N-dealkylation sites (N-methyl/N-ethyl adjacent to an activating group) is 2. The van der Waals surface area contributed by atoms with Crippen LogP contribution in [0.2, 0.25) is 0 Å². The summed E-state index contributed by atoms with van der Waals surface area (Å²) in [4.78, 5) is 21.6. The number of hydrogen-bond acceptors (Lipinski definition) is 3. The molecular formula is C21H27N3O. The molecule has 1 unspecified atom stereocenters. The third-order valence-corrected chi connectivity index (χ3v) is 4.93. The highest BCUT2D eigenvalue weighted by Gasteiger charge is 2.24. The molecule has 0 bridgehead atoms. The molecule has 0 saturated heterocycles. The molecule has 4 nitrogen and oxygen atoms in total. The molecule has 3 rings (SSSR count). The highest BCUT2D eigenvalue weighted by molar-refractivity contribution is 5.94. The van der Waals surface area contributed by atoms with Crippen LogP contribution in [0.1, 0.15) is 46.1 Å². The third-order valence-electron chi connectivity index (χ3n) is 4.93. The Morgan fingerprint density at radius 1 is 1.12 bits per heavy atom. The van der Waals surface area contributed by atoms with Crippen molar-refractivity contribution in [3.05, 3.63) is 65.0 Å². The molecule has 132 valence electrons. The van der Waals surface area contributed by atoms with Crippen LogP contribution in [0.3, 0.4) is 0 Å². The highest BCUT2D eigenvalue weighted by atomic mass is 16.2. The molecular weight excluding hydrogens is 310 g/mol. The lowest BCUT2D eigenvalue weighted by Crippen LogP contribution is -2.37. The average molecular weight is 337 g/mol. The molecule has 25 heavy (non-hydrogen) atoms. The maximum absolute atomic E-state index is 13.1. The van der Waals surface area contributed by atoms with E-state index in [1.54, 1.807) is 6.20 Å². The summed E-state index contributed by atoms with van der Waals surface area (Å²) in [6.45, 7) is 0.782. The van der Waals surface area contributed by atoms with E-state index in [4.69, 9.17) is 0 Å². The fraction of sp³-hybridized carbons (Fsp3) is 0.429. The van der Waals surface area contributed by atoms with E-state index in [-0.39, 0.29) is 11.9 Å². The first kappa shape index (κ1) is 17.6. The van der Waals surface area contributed by atoms with E-state index in [1.807, 2.05) is 44.2 Å². The van der Waals surface area contributed by atoms with Crippen molar-refractivity contribution < 1.29 is 4.79 Å². The second kappa shape index (κ2) is 7.79. The maximum Gasteiger partial charge on any atom is 0.255 e. The van der Waals surface area contributed by atoms with Gasteiger partial charge in [-0.25, -0.2) is 0 Å². The van der Waals surface area contributed by atoms with Crippen LogP contribution in [0, 0.1) is 0 Å². The molecule has 4 heteroatoms. The normalized spacial score (nSPS) is 14.9. The minimum atomic E-state index is 0.0136. The Morgan fingerprint density at radius 2 is 1.84 bits per heavy atom. The highest BCUT2D eigenvalue weighted by Crippen LogP contribution is 2.24. The summed E-state index contributed by atoms with van der Waals surface area (Å²) in [5.41, 5.74) is 4.26. The van der Waals surface area contributed by atoms with Gasteiger partial charge < -0.3 is 9.80 Å². The zero-order valence-corrected chi connectivity index (χ0v) is 15.4. The van der Waals surface area contributed by atoms with Gasteiger partial charge in [-0.1, -0.05) is 30.3 Å². The van der Waals surface area contributed by atoms with Crippen LogP contribution in [0.5, 0.6) is 0 Å². The number of carbonyl (C=O) groups excluding carboxylic acids is 1. The molecule has 0 saturated carbocycles. The van der Waals surface area contributed by atoms with Gasteiger partial charge in [0.05, 0.1) is 11.6 Å². The zero-order valence-electron chi connectivity index (χ0n) is 15.4. The van der Waals surface area contributed by atoms with Crippen LogP contribution in [-0.4, -0.2) is 48.4 Å². The summed E-state index contributed by atoms with van der Waals surface area (Å²) in [6.07, 6.45) is 6.21. The van der Waals surface area contributed by atoms with Gasteiger partial charge in [0.15, 0.2) is 0 Å². The van der Waals surface area contributed by atoms with E-state index in [9.17, 15) is 4.79 Å². The summed E-state index contributed by atoms with van der Waals surface area (Å²) in [7, 11) is 5.96. The van der Waals surface area contributed by atoms with Gasteiger partial charge in [0, 0.05) is 25.5 Å². The number of nitrogens with zero attached hydrogens (tertiary/aromatic N) is 3. The van der Waals surface area contributed by atoms with Gasteiger partial charge in [0.25, 0.3) is 5.91 Å². The van der Waals surface area contributed by atoms with Crippen LogP contribution in [0.15, 0.2) is 42.6 Å². The van der Waals surface area contributed by atoms with Crippen molar-refractivity contribution in [2.75, 3.05) is 27.7 Å². The smallest absolute Gasteiger partial charge is 0.255 e. The van der Waals surface area contributed by atoms with E-state index >= 15 is 0 Å². The number of aryl methyl sites for hydroxylation is 2. The SMILES string of the molecule is CN(C)CC(c1ccccc1)N(C)C(=O)c1cnc2c(c1)CCCC2. The Labute approximate surface area is 150 Å². The summed E-state index contributed by atoms with van der Waals surface area (Å²) >= 11 is 0. The van der Waals surface area contributed by atoms with E-state index in [0.717, 1.165) is 24.9 Å². The molecule has 1 aliphatic rings. The van der Waals surface area contributed by atoms with Crippen molar-refractivity contribution >= 4 is 5.91 Å². The molecule has 0 fully saturated rings. The second-order valence-corrected chi connectivity index (χ2v) is 7.14. The van der Waals surface area contributed by atoms with Crippen molar-refractivity contribution in [1.82, 2.24) is 14.8 Å². The van der Waals surface area contributed by atoms with Crippen LogP contribution < -0.4 is 0 Å². The molecule has 1 amide bonds. The van der Waals surface area contributed by atoms with E-state index in [2.05, 4.69) is 28.1 Å². The summed E-state index contributed by atoms with van der Waals surface area (Å²) in [5, 5.41) is 0. The van der Waals surface area contributed by atoms with Crippen molar-refractivity contribution in [3.63, 3.8) is 0 Å². The lowest BCUT2D eigenvalue weighted by Gasteiger charge is -2.31. The minimum Gasteiger partial charge on any atom is -0.333 e. The maximum atomic E-state index is 13.1. The molecule has 1 atom stereocenters. The first-order valence-electron chi connectivity index (χ1n) is 9.01. The van der Waals surface area contributed by atoms with Gasteiger partial charge in [-0.15, -0.1) is 0 Å². The van der Waals surface area contributed by atoms with E-state index < -0.39 is 0 Å². The van der Waals surface area contributed by atoms with Gasteiger partial charge in [0.1, 0.15) is 0 Å². The van der Waals surface area contributed by atoms with Crippen LogP contribution in [-0.2, 0) is 12.8 Å². The van der Waals surface area contributed by atoms with Crippen LogP contribution >= 0.6 is 0 Å². The lowest BCUT2D eigenvalue weighted by molar-refractivity contribution is 0.0704. The van der Waals surface area contributed by atoms with Crippen LogP contribution in [0.4, 0.5) is 0 Å². The Kier molecular flexibility index (Phi) is 5.49. The van der Waals surface area contributed by atoms with E-state index in [1.165, 1.54) is 24.1 Å². The van der Waals surface area contributed by atoms with E-state index in [0.29, 0.717) is 5.56 Å². The monoisotopic (exact) mass is 337 g/mol. The zero-order chi connectivity index (χ0) is 17.8. The third kappa shape index (κ3) is 4.07. The van der Waals surface area contributed by atoms with Gasteiger partial charge in [-0.05, 0) is 57.0 Å². The quantitative estimate of drug-likeness (QED) is 0.840. The molecule has 0 spiro atoms. The topological polar surface area (TPSA) is 36.4 Å². The number of pyridine rings is 1.